The quantitative estimate of drug-likeness (QED) is 0.704. The number of carbonyl (C=O) groups excluding carboxylic acids is 1. The molecule has 1 fully saturated rings. The molecular weight excluding hydrogens is 232 g/mol. The summed E-state index contributed by atoms with van der Waals surface area (Å²) in [6.45, 7) is 9.43. The Kier molecular flexibility index (Phi) is 3.77. The van der Waals surface area contributed by atoms with E-state index in [2.05, 4.69) is 10.6 Å². The average molecular weight is 256 g/mol. The first kappa shape index (κ1) is 15.0. The van der Waals surface area contributed by atoms with Crippen molar-refractivity contribution >= 4 is 11.9 Å². The molecule has 1 heterocycles. The topological polar surface area (TPSA) is 78.4 Å². The van der Waals surface area contributed by atoms with Crippen molar-refractivity contribution in [2.45, 2.75) is 58.5 Å². The molecule has 5 nitrogen and oxygen atoms in total. The number of amides is 1. The molecule has 1 aliphatic heterocycles. The van der Waals surface area contributed by atoms with Gasteiger partial charge in [-0.25, -0.2) is 0 Å². The number of aliphatic carboxylic acids is 1. The van der Waals surface area contributed by atoms with Gasteiger partial charge in [0.2, 0.25) is 5.91 Å². The minimum atomic E-state index is -1.03. The molecule has 5 heteroatoms. The molecule has 1 aliphatic rings. The third-order valence-electron chi connectivity index (χ3n) is 4.39. The number of carboxylic acids is 1. The smallest absolute Gasteiger partial charge is 0.311 e. The minimum absolute atomic E-state index is 0.126. The van der Waals surface area contributed by atoms with Crippen LogP contribution in [0.1, 0.15) is 47.5 Å². The molecule has 0 aromatic heterocycles. The summed E-state index contributed by atoms with van der Waals surface area (Å²) in [5, 5.41) is 15.3. The van der Waals surface area contributed by atoms with Crippen molar-refractivity contribution in [3.05, 3.63) is 0 Å². The van der Waals surface area contributed by atoms with Gasteiger partial charge in [0.15, 0.2) is 0 Å². The van der Waals surface area contributed by atoms with Gasteiger partial charge in [-0.15, -0.1) is 0 Å². The predicted octanol–water partition coefficient (Wildman–Crippen LogP) is 1.13. The average Bonchev–Trinajstić information content (AvgIpc) is 2.65. The molecule has 1 atom stereocenters. The highest BCUT2D eigenvalue weighted by atomic mass is 16.4. The zero-order valence-electron chi connectivity index (χ0n) is 11.9. The molecule has 1 unspecified atom stereocenters. The zero-order chi connectivity index (χ0) is 14.2. The van der Waals surface area contributed by atoms with Crippen LogP contribution in [-0.2, 0) is 9.59 Å². The van der Waals surface area contributed by atoms with Crippen molar-refractivity contribution in [1.29, 1.82) is 0 Å². The molecule has 0 aromatic rings. The van der Waals surface area contributed by atoms with Gasteiger partial charge in [0.1, 0.15) is 0 Å². The van der Waals surface area contributed by atoms with Crippen molar-refractivity contribution in [3.8, 4) is 0 Å². The number of carboxylic acid groups (broad SMARTS) is 1. The first-order valence-corrected chi connectivity index (χ1v) is 6.34. The molecule has 18 heavy (non-hydrogen) atoms. The minimum Gasteiger partial charge on any atom is -0.481 e. The van der Waals surface area contributed by atoms with Crippen molar-refractivity contribution in [2.24, 2.45) is 5.41 Å². The van der Waals surface area contributed by atoms with Gasteiger partial charge in [0.25, 0.3) is 0 Å². The molecule has 0 radical (unpaired) electrons. The summed E-state index contributed by atoms with van der Waals surface area (Å²) < 4.78 is 0. The molecule has 0 saturated carbocycles. The highest BCUT2D eigenvalue weighted by molar-refractivity contribution is 5.88. The Labute approximate surface area is 108 Å². The standard InChI is InChI=1S/C13H24N2O3/c1-11(2,10(17)18)12(3,4)15-9(16)13(5)7-6-8-14-13/h14H,6-8H2,1-5H3,(H,15,16)(H,17,18). The third-order valence-corrected chi connectivity index (χ3v) is 4.39. The number of nitrogens with one attached hydrogen (secondary N) is 2. The first-order chi connectivity index (χ1) is 8.03. The highest BCUT2D eigenvalue weighted by Crippen LogP contribution is 2.32. The lowest BCUT2D eigenvalue weighted by Crippen LogP contribution is -2.62. The highest BCUT2D eigenvalue weighted by Gasteiger charge is 2.47. The van der Waals surface area contributed by atoms with E-state index in [1.54, 1.807) is 27.7 Å². The molecule has 1 saturated heterocycles. The van der Waals surface area contributed by atoms with E-state index in [-0.39, 0.29) is 5.91 Å². The van der Waals surface area contributed by atoms with Gasteiger partial charge in [-0.1, -0.05) is 0 Å². The Balaban J connectivity index is 2.83. The fourth-order valence-corrected chi connectivity index (χ4v) is 1.93. The Morgan fingerprint density at radius 3 is 2.22 bits per heavy atom. The van der Waals surface area contributed by atoms with E-state index >= 15 is 0 Å². The Morgan fingerprint density at radius 1 is 1.28 bits per heavy atom. The second kappa shape index (κ2) is 4.53. The van der Waals surface area contributed by atoms with Crippen LogP contribution in [0.5, 0.6) is 0 Å². The van der Waals surface area contributed by atoms with Gasteiger partial charge >= 0.3 is 5.97 Å². The van der Waals surface area contributed by atoms with E-state index in [0.29, 0.717) is 0 Å². The maximum atomic E-state index is 12.3. The normalized spacial score (nSPS) is 24.9. The van der Waals surface area contributed by atoms with Crippen molar-refractivity contribution in [3.63, 3.8) is 0 Å². The SMILES string of the molecule is CC1(C(=O)NC(C)(C)C(C)(C)C(=O)O)CCCN1. The molecule has 0 aromatic carbocycles. The molecule has 0 spiro atoms. The maximum absolute atomic E-state index is 12.3. The third kappa shape index (κ3) is 2.51. The number of carbonyl (C=O) groups is 2. The summed E-state index contributed by atoms with van der Waals surface area (Å²) in [6.07, 6.45) is 1.75. The van der Waals surface area contributed by atoms with Gasteiger partial charge in [-0.2, -0.15) is 0 Å². The lowest BCUT2D eigenvalue weighted by molar-refractivity contribution is -0.152. The van der Waals surface area contributed by atoms with Gasteiger partial charge in [0, 0.05) is 0 Å². The number of hydrogen-bond acceptors (Lipinski definition) is 3. The molecule has 3 N–H and O–H groups in total. The Morgan fingerprint density at radius 2 is 1.83 bits per heavy atom. The molecule has 1 amide bonds. The summed E-state index contributed by atoms with van der Waals surface area (Å²) in [6, 6.07) is 0. The van der Waals surface area contributed by atoms with Crippen LogP contribution < -0.4 is 10.6 Å². The van der Waals surface area contributed by atoms with Gasteiger partial charge in [-0.3, -0.25) is 9.59 Å². The lowest BCUT2D eigenvalue weighted by atomic mass is 9.74. The van der Waals surface area contributed by atoms with E-state index < -0.39 is 22.5 Å². The number of rotatable bonds is 4. The van der Waals surface area contributed by atoms with Crippen LogP contribution in [-0.4, -0.2) is 34.6 Å². The lowest BCUT2D eigenvalue weighted by Gasteiger charge is -2.40. The van der Waals surface area contributed by atoms with Gasteiger partial charge in [0.05, 0.1) is 16.5 Å². The van der Waals surface area contributed by atoms with Crippen molar-refractivity contribution in [2.75, 3.05) is 6.54 Å². The monoisotopic (exact) mass is 256 g/mol. The summed E-state index contributed by atoms with van der Waals surface area (Å²) in [5.74, 6) is -1.04. The predicted molar refractivity (Wildman–Crippen MR) is 69.3 cm³/mol. The molecular formula is C13H24N2O3. The molecule has 104 valence electrons. The summed E-state index contributed by atoms with van der Waals surface area (Å²) in [7, 11) is 0. The van der Waals surface area contributed by atoms with E-state index in [9.17, 15) is 14.7 Å². The van der Waals surface area contributed by atoms with Crippen molar-refractivity contribution in [1.82, 2.24) is 10.6 Å². The summed E-state index contributed by atoms with van der Waals surface area (Å²) >= 11 is 0. The zero-order valence-corrected chi connectivity index (χ0v) is 11.9. The molecule has 0 aliphatic carbocycles. The summed E-state index contributed by atoms with van der Waals surface area (Å²) in [5.41, 5.74) is -2.42. The largest absolute Gasteiger partial charge is 0.481 e. The van der Waals surface area contributed by atoms with Crippen LogP contribution in [0.15, 0.2) is 0 Å². The van der Waals surface area contributed by atoms with Gasteiger partial charge < -0.3 is 15.7 Å². The second-order valence-electron chi connectivity index (χ2n) is 6.37. The number of hydrogen-bond donors (Lipinski definition) is 3. The fourth-order valence-electron chi connectivity index (χ4n) is 1.93. The van der Waals surface area contributed by atoms with Crippen LogP contribution in [0.25, 0.3) is 0 Å². The van der Waals surface area contributed by atoms with Crippen molar-refractivity contribution < 1.29 is 14.7 Å². The fraction of sp³-hybridized carbons (Fsp3) is 0.846. The maximum Gasteiger partial charge on any atom is 0.311 e. The van der Waals surface area contributed by atoms with E-state index in [1.807, 2.05) is 6.92 Å². The molecule has 0 bridgehead atoms. The molecule has 1 rings (SSSR count). The van der Waals surface area contributed by atoms with Crippen LogP contribution in [0, 0.1) is 5.41 Å². The Bertz CT molecular complexity index is 355. The first-order valence-electron chi connectivity index (χ1n) is 6.34. The summed E-state index contributed by atoms with van der Waals surface area (Å²) in [4.78, 5) is 23.6. The van der Waals surface area contributed by atoms with E-state index in [4.69, 9.17) is 0 Å². The van der Waals surface area contributed by atoms with Crippen LogP contribution in [0.2, 0.25) is 0 Å². The van der Waals surface area contributed by atoms with Crippen LogP contribution in [0.4, 0.5) is 0 Å². The van der Waals surface area contributed by atoms with Crippen LogP contribution in [0.3, 0.4) is 0 Å². The van der Waals surface area contributed by atoms with E-state index in [0.717, 1.165) is 19.4 Å². The Hall–Kier alpha value is -1.10. The van der Waals surface area contributed by atoms with E-state index in [1.165, 1.54) is 0 Å². The second-order valence-corrected chi connectivity index (χ2v) is 6.37. The van der Waals surface area contributed by atoms with Gasteiger partial charge in [-0.05, 0) is 54.0 Å². The van der Waals surface area contributed by atoms with Crippen LogP contribution >= 0.6 is 0 Å².